The Bertz CT molecular complexity index is 933. The second-order valence-electron chi connectivity index (χ2n) is 6.17. The van der Waals surface area contributed by atoms with Gasteiger partial charge >= 0.3 is 5.97 Å². The van der Waals surface area contributed by atoms with Crippen LogP contribution < -0.4 is 10.6 Å². The van der Waals surface area contributed by atoms with Gasteiger partial charge in [0.1, 0.15) is 0 Å². The van der Waals surface area contributed by atoms with Crippen molar-refractivity contribution in [3.05, 3.63) is 65.9 Å². The lowest BCUT2D eigenvalue weighted by Crippen LogP contribution is -2.27. The third-order valence-corrected chi connectivity index (χ3v) is 4.39. The number of rotatable bonds is 8. The molecule has 0 fully saturated rings. The highest BCUT2D eigenvalue weighted by Gasteiger charge is 2.11. The molecule has 6 nitrogen and oxygen atoms in total. The molecule has 3 aromatic rings. The first-order valence-electron chi connectivity index (χ1n) is 8.92. The van der Waals surface area contributed by atoms with Gasteiger partial charge in [-0.05, 0) is 30.2 Å². The van der Waals surface area contributed by atoms with Crippen molar-refractivity contribution in [3.63, 3.8) is 0 Å². The van der Waals surface area contributed by atoms with E-state index in [1.165, 1.54) is 18.1 Å². The number of aromatic amines is 1. The standard InChI is InChI=1S/C21H23N3O3/c1-27-21(26)17-7-3-5-9-19(17)22-13-11-20(25)23-12-10-15-14-24-18-8-4-2-6-16(15)18/h2-9,14,22,24H,10-13H2,1H3,(H,23,25). The van der Waals surface area contributed by atoms with Crippen LogP contribution in [0.5, 0.6) is 0 Å². The molecule has 0 spiro atoms. The maximum atomic E-state index is 12.0. The van der Waals surface area contributed by atoms with Crippen molar-refractivity contribution in [3.8, 4) is 0 Å². The Morgan fingerprint density at radius 2 is 1.81 bits per heavy atom. The SMILES string of the molecule is COC(=O)c1ccccc1NCCC(=O)NCCc1c[nH]c2ccccc12. The van der Waals surface area contributed by atoms with Gasteiger partial charge in [0.25, 0.3) is 0 Å². The summed E-state index contributed by atoms with van der Waals surface area (Å²) in [5.74, 6) is -0.431. The summed E-state index contributed by atoms with van der Waals surface area (Å²) in [6.07, 6.45) is 3.08. The normalized spacial score (nSPS) is 10.6. The predicted octanol–water partition coefficient (Wildman–Crippen LogP) is 3.12. The van der Waals surface area contributed by atoms with Gasteiger partial charge in [0.15, 0.2) is 0 Å². The molecule has 0 unspecified atom stereocenters. The summed E-state index contributed by atoms with van der Waals surface area (Å²) < 4.78 is 4.76. The summed E-state index contributed by atoms with van der Waals surface area (Å²) >= 11 is 0. The highest BCUT2D eigenvalue weighted by molar-refractivity contribution is 5.95. The third kappa shape index (κ3) is 4.67. The molecule has 27 heavy (non-hydrogen) atoms. The molecule has 0 aliphatic carbocycles. The van der Waals surface area contributed by atoms with Crippen molar-refractivity contribution in [1.82, 2.24) is 10.3 Å². The molecule has 140 valence electrons. The van der Waals surface area contributed by atoms with Gasteiger partial charge in [-0.25, -0.2) is 4.79 Å². The topological polar surface area (TPSA) is 83.2 Å². The molecule has 0 aliphatic rings. The second-order valence-corrected chi connectivity index (χ2v) is 6.17. The first-order valence-corrected chi connectivity index (χ1v) is 8.92. The van der Waals surface area contributed by atoms with Gasteiger partial charge in [0.2, 0.25) is 5.91 Å². The fourth-order valence-corrected chi connectivity index (χ4v) is 3.00. The molecule has 0 saturated heterocycles. The van der Waals surface area contributed by atoms with Crippen LogP contribution in [0.3, 0.4) is 0 Å². The minimum absolute atomic E-state index is 0.0297. The van der Waals surface area contributed by atoms with Crippen LogP contribution in [-0.4, -0.2) is 37.1 Å². The zero-order valence-electron chi connectivity index (χ0n) is 15.2. The largest absolute Gasteiger partial charge is 0.465 e. The zero-order chi connectivity index (χ0) is 19.1. The molecule has 0 saturated carbocycles. The van der Waals surface area contributed by atoms with E-state index in [-0.39, 0.29) is 5.91 Å². The zero-order valence-corrected chi connectivity index (χ0v) is 15.2. The first kappa shape index (κ1) is 18.5. The van der Waals surface area contributed by atoms with Gasteiger partial charge in [0.05, 0.1) is 12.7 Å². The quantitative estimate of drug-likeness (QED) is 0.536. The number of carbonyl (C=O) groups excluding carboxylic acids is 2. The van der Waals surface area contributed by atoms with Crippen LogP contribution in [0.4, 0.5) is 5.69 Å². The van der Waals surface area contributed by atoms with E-state index in [0.717, 1.165) is 11.9 Å². The molecule has 2 aromatic carbocycles. The summed E-state index contributed by atoms with van der Waals surface area (Å²) in [6.45, 7) is 1.02. The van der Waals surface area contributed by atoms with Crippen molar-refractivity contribution < 1.29 is 14.3 Å². The van der Waals surface area contributed by atoms with Gasteiger partial charge in [-0.3, -0.25) is 4.79 Å². The van der Waals surface area contributed by atoms with Crippen LogP contribution in [0, 0.1) is 0 Å². The Morgan fingerprint density at radius 1 is 1.04 bits per heavy atom. The number of benzene rings is 2. The van der Waals surface area contributed by atoms with Gasteiger partial charge in [0, 0.05) is 42.3 Å². The number of aromatic nitrogens is 1. The molecule has 6 heteroatoms. The van der Waals surface area contributed by atoms with Crippen LogP contribution in [0.1, 0.15) is 22.3 Å². The average molecular weight is 365 g/mol. The van der Waals surface area contributed by atoms with Crippen LogP contribution >= 0.6 is 0 Å². The number of fused-ring (bicyclic) bond motifs is 1. The summed E-state index contributed by atoms with van der Waals surface area (Å²) in [7, 11) is 1.35. The van der Waals surface area contributed by atoms with Crippen molar-refractivity contribution in [2.45, 2.75) is 12.8 Å². The molecule has 3 N–H and O–H groups in total. The number of hydrogen-bond acceptors (Lipinski definition) is 4. The Labute approximate surface area is 157 Å². The number of amides is 1. The lowest BCUT2D eigenvalue weighted by molar-refractivity contribution is -0.120. The fourth-order valence-electron chi connectivity index (χ4n) is 3.00. The Hall–Kier alpha value is -3.28. The predicted molar refractivity (Wildman–Crippen MR) is 106 cm³/mol. The smallest absolute Gasteiger partial charge is 0.339 e. The monoisotopic (exact) mass is 365 g/mol. The molecule has 1 aromatic heterocycles. The van der Waals surface area contributed by atoms with Crippen LogP contribution in [0.2, 0.25) is 0 Å². The number of para-hydroxylation sites is 2. The first-order chi connectivity index (χ1) is 13.2. The number of anilines is 1. The average Bonchev–Trinajstić information content (AvgIpc) is 3.11. The van der Waals surface area contributed by atoms with Gasteiger partial charge in [-0.1, -0.05) is 30.3 Å². The number of H-pyrrole nitrogens is 1. The molecule has 0 bridgehead atoms. The highest BCUT2D eigenvalue weighted by atomic mass is 16.5. The fraction of sp³-hybridized carbons (Fsp3) is 0.238. The summed E-state index contributed by atoms with van der Waals surface area (Å²) in [5, 5.41) is 7.24. The van der Waals surface area contributed by atoms with Crippen LogP contribution in [0.25, 0.3) is 10.9 Å². The summed E-state index contributed by atoms with van der Waals surface area (Å²) in [4.78, 5) is 27.0. The van der Waals surface area contributed by atoms with E-state index in [4.69, 9.17) is 4.74 Å². The number of ether oxygens (including phenoxy) is 1. The van der Waals surface area contributed by atoms with Crippen molar-refractivity contribution in [2.24, 2.45) is 0 Å². The molecule has 1 heterocycles. The second kappa shape index (κ2) is 8.89. The van der Waals surface area contributed by atoms with E-state index < -0.39 is 5.97 Å². The number of carbonyl (C=O) groups is 2. The van der Waals surface area contributed by atoms with Crippen molar-refractivity contribution in [1.29, 1.82) is 0 Å². The summed E-state index contributed by atoms with van der Waals surface area (Å²) in [6, 6.07) is 15.2. The third-order valence-electron chi connectivity index (χ3n) is 4.39. The molecule has 0 radical (unpaired) electrons. The van der Waals surface area contributed by atoms with Crippen LogP contribution in [-0.2, 0) is 16.0 Å². The van der Waals surface area contributed by atoms with E-state index in [9.17, 15) is 9.59 Å². The molecule has 3 rings (SSSR count). The van der Waals surface area contributed by atoms with Crippen LogP contribution in [0.15, 0.2) is 54.7 Å². The van der Waals surface area contributed by atoms with Gasteiger partial charge in [-0.15, -0.1) is 0 Å². The van der Waals surface area contributed by atoms with E-state index in [1.54, 1.807) is 18.2 Å². The van der Waals surface area contributed by atoms with E-state index in [0.29, 0.717) is 30.8 Å². The number of nitrogens with one attached hydrogen (secondary N) is 3. The lowest BCUT2D eigenvalue weighted by Gasteiger charge is -2.10. The Balaban J connectivity index is 1.43. The molecule has 0 atom stereocenters. The van der Waals surface area contributed by atoms with Crippen molar-refractivity contribution >= 4 is 28.5 Å². The van der Waals surface area contributed by atoms with Crippen molar-refractivity contribution in [2.75, 3.05) is 25.5 Å². The molecular weight excluding hydrogens is 342 g/mol. The lowest BCUT2D eigenvalue weighted by atomic mass is 10.1. The molecular formula is C21H23N3O3. The molecule has 0 aliphatic heterocycles. The van der Waals surface area contributed by atoms with E-state index >= 15 is 0 Å². The van der Waals surface area contributed by atoms with E-state index in [1.807, 2.05) is 30.5 Å². The molecule has 1 amide bonds. The minimum atomic E-state index is -0.402. The van der Waals surface area contributed by atoms with Gasteiger partial charge < -0.3 is 20.4 Å². The minimum Gasteiger partial charge on any atom is -0.465 e. The summed E-state index contributed by atoms with van der Waals surface area (Å²) in [5.41, 5.74) is 3.42. The van der Waals surface area contributed by atoms with Gasteiger partial charge in [-0.2, -0.15) is 0 Å². The number of methoxy groups -OCH3 is 1. The Kier molecular flexibility index (Phi) is 6.10. The number of hydrogen-bond donors (Lipinski definition) is 3. The highest BCUT2D eigenvalue weighted by Crippen LogP contribution is 2.18. The Morgan fingerprint density at radius 3 is 2.67 bits per heavy atom. The van der Waals surface area contributed by atoms with E-state index in [2.05, 4.69) is 21.7 Å². The number of esters is 1. The maximum absolute atomic E-state index is 12.0. The maximum Gasteiger partial charge on any atom is 0.339 e.